The van der Waals surface area contributed by atoms with Gasteiger partial charge in [-0.3, -0.25) is 9.59 Å². The average Bonchev–Trinajstić information content (AvgIpc) is 2.16. The first-order valence-electron chi connectivity index (χ1n) is 4.26. The molecule has 0 aliphatic carbocycles. The topological polar surface area (TPSA) is 52.6 Å². The minimum Gasteiger partial charge on any atom is -0.423 e. The van der Waals surface area contributed by atoms with Gasteiger partial charge in [0.2, 0.25) is 0 Å². The standard InChI is InChI=1S/C10H8O4/c11-9-5-6-10(12)14-8-4-2-1-3-7(8)13-9/h1-4H,5-6H2. The third kappa shape index (κ3) is 1.74. The van der Waals surface area contributed by atoms with E-state index in [1.807, 2.05) is 0 Å². The van der Waals surface area contributed by atoms with Crippen LogP contribution in [0.5, 0.6) is 11.5 Å². The maximum absolute atomic E-state index is 11.1. The second kappa shape index (κ2) is 3.49. The highest BCUT2D eigenvalue weighted by Crippen LogP contribution is 2.28. The first-order chi connectivity index (χ1) is 6.75. The number of hydrogen-bond acceptors (Lipinski definition) is 4. The molecular formula is C10H8O4. The van der Waals surface area contributed by atoms with Crippen LogP contribution >= 0.6 is 0 Å². The highest BCUT2D eigenvalue weighted by Gasteiger charge is 2.18. The van der Waals surface area contributed by atoms with Gasteiger partial charge in [0.15, 0.2) is 11.5 Å². The van der Waals surface area contributed by atoms with Crippen molar-refractivity contribution in [2.45, 2.75) is 12.8 Å². The molecule has 2 rings (SSSR count). The lowest BCUT2D eigenvalue weighted by atomic mass is 10.2. The Morgan fingerprint density at radius 1 is 0.857 bits per heavy atom. The molecule has 72 valence electrons. The van der Waals surface area contributed by atoms with Gasteiger partial charge < -0.3 is 9.47 Å². The van der Waals surface area contributed by atoms with E-state index in [0.29, 0.717) is 11.5 Å². The Labute approximate surface area is 80.4 Å². The van der Waals surface area contributed by atoms with Gasteiger partial charge in [-0.05, 0) is 12.1 Å². The van der Waals surface area contributed by atoms with Gasteiger partial charge in [-0.2, -0.15) is 0 Å². The molecule has 0 unspecified atom stereocenters. The predicted octanol–water partition coefficient (Wildman–Crippen LogP) is 1.29. The quantitative estimate of drug-likeness (QED) is 0.459. The van der Waals surface area contributed by atoms with Crippen LogP contribution in [0.2, 0.25) is 0 Å². The molecule has 0 radical (unpaired) electrons. The van der Waals surface area contributed by atoms with Gasteiger partial charge in [-0.1, -0.05) is 12.1 Å². The summed E-state index contributed by atoms with van der Waals surface area (Å²) in [5, 5.41) is 0. The zero-order valence-electron chi connectivity index (χ0n) is 7.36. The Morgan fingerprint density at radius 2 is 1.29 bits per heavy atom. The minimum atomic E-state index is -0.408. The molecule has 0 amide bonds. The van der Waals surface area contributed by atoms with Crippen LogP contribution in [0.15, 0.2) is 24.3 Å². The first kappa shape index (κ1) is 8.74. The molecule has 1 aliphatic heterocycles. The van der Waals surface area contributed by atoms with Gasteiger partial charge in [-0.25, -0.2) is 0 Å². The van der Waals surface area contributed by atoms with Gasteiger partial charge in [0, 0.05) is 0 Å². The zero-order chi connectivity index (χ0) is 9.97. The largest absolute Gasteiger partial charge is 0.423 e. The number of ether oxygens (including phenoxy) is 2. The van der Waals surface area contributed by atoms with Crippen LogP contribution in [0.25, 0.3) is 0 Å². The minimum absolute atomic E-state index is 0.0627. The molecular weight excluding hydrogens is 184 g/mol. The highest BCUT2D eigenvalue weighted by molar-refractivity contribution is 5.82. The predicted molar refractivity (Wildman–Crippen MR) is 46.9 cm³/mol. The van der Waals surface area contributed by atoms with E-state index >= 15 is 0 Å². The summed E-state index contributed by atoms with van der Waals surface area (Å²) in [5.41, 5.74) is 0. The summed E-state index contributed by atoms with van der Waals surface area (Å²) in [6.45, 7) is 0. The van der Waals surface area contributed by atoms with Crippen molar-refractivity contribution in [3.05, 3.63) is 24.3 Å². The Bertz CT molecular complexity index is 346. The summed E-state index contributed by atoms with van der Waals surface area (Å²) < 4.78 is 9.94. The maximum Gasteiger partial charge on any atom is 0.311 e. The number of carbonyl (C=O) groups excluding carboxylic acids is 2. The van der Waals surface area contributed by atoms with Gasteiger partial charge in [0.05, 0.1) is 12.8 Å². The molecule has 1 aliphatic rings. The van der Waals surface area contributed by atoms with Crippen molar-refractivity contribution in [1.29, 1.82) is 0 Å². The fourth-order valence-corrected chi connectivity index (χ4v) is 1.17. The third-order valence-electron chi connectivity index (χ3n) is 1.83. The van der Waals surface area contributed by atoms with E-state index in [1.54, 1.807) is 24.3 Å². The van der Waals surface area contributed by atoms with E-state index in [4.69, 9.17) is 9.47 Å². The van der Waals surface area contributed by atoms with Crippen LogP contribution in [0.4, 0.5) is 0 Å². The lowest BCUT2D eigenvalue weighted by Crippen LogP contribution is -2.18. The zero-order valence-corrected chi connectivity index (χ0v) is 7.36. The fourth-order valence-electron chi connectivity index (χ4n) is 1.17. The van der Waals surface area contributed by atoms with Crippen LogP contribution < -0.4 is 9.47 Å². The molecule has 1 aromatic carbocycles. The number of carbonyl (C=O) groups is 2. The number of fused-ring (bicyclic) bond motifs is 1. The van der Waals surface area contributed by atoms with Crippen LogP contribution in [0, 0.1) is 0 Å². The number of esters is 2. The summed E-state index contributed by atoms with van der Waals surface area (Å²) in [4.78, 5) is 22.2. The van der Waals surface area contributed by atoms with E-state index in [9.17, 15) is 9.59 Å². The normalized spacial score (nSPS) is 16.0. The lowest BCUT2D eigenvalue weighted by Gasteiger charge is -2.12. The van der Waals surface area contributed by atoms with Gasteiger partial charge >= 0.3 is 11.9 Å². The van der Waals surface area contributed by atoms with Crippen LogP contribution in [-0.4, -0.2) is 11.9 Å². The molecule has 4 nitrogen and oxygen atoms in total. The van der Waals surface area contributed by atoms with Gasteiger partial charge in [0.25, 0.3) is 0 Å². The second-order valence-electron chi connectivity index (χ2n) is 2.89. The molecule has 0 fully saturated rings. The van der Waals surface area contributed by atoms with Gasteiger partial charge in [-0.15, -0.1) is 0 Å². The third-order valence-corrected chi connectivity index (χ3v) is 1.83. The Kier molecular flexibility index (Phi) is 2.18. The van der Waals surface area contributed by atoms with Crippen molar-refractivity contribution in [1.82, 2.24) is 0 Å². The second-order valence-corrected chi connectivity index (χ2v) is 2.89. The highest BCUT2D eigenvalue weighted by atomic mass is 16.6. The summed E-state index contributed by atoms with van der Waals surface area (Å²) in [5.74, 6) is -0.223. The molecule has 0 atom stereocenters. The van der Waals surface area contributed by atoms with E-state index in [-0.39, 0.29) is 12.8 Å². The number of benzene rings is 1. The van der Waals surface area contributed by atoms with Crippen LogP contribution in [0.3, 0.4) is 0 Å². The number of hydrogen-bond donors (Lipinski definition) is 0. The molecule has 0 aromatic heterocycles. The molecule has 0 saturated carbocycles. The smallest absolute Gasteiger partial charge is 0.311 e. The van der Waals surface area contributed by atoms with E-state index in [2.05, 4.69) is 0 Å². The summed E-state index contributed by atoms with van der Waals surface area (Å²) in [6.07, 6.45) is 0.125. The Hall–Kier alpha value is -1.84. The van der Waals surface area contributed by atoms with Crippen molar-refractivity contribution in [3.63, 3.8) is 0 Å². The van der Waals surface area contributed by atoms with E-state index in [1.165, 1.54) is 0 Å². The van der Waals surface area contributed by atoms with Crippen molar-refractivity contribution in [3.8, 4) is 11.5 Å². The lowest BCUT2D eigenvalue weighted by molar-refractivity contribution is -0.142. The molecule has 1 aromatic rings. The Morgan fingerprint density at radius 3 is 1.71 bits per heavy atom. The number of rotatable bonds is 0. The molecule has 0 saturated heterocycles. The summed E-state index contributed by atoms with van der Waals surface area (Å²) in [7, 11) is 0. The van der Waals surface area contributed by atoms with Crippen molar-refractivity contribution < 1.29 is 19.1 Å². The summed E-state index contributed by atoms with van der Waals surface area (Å²) >= 11 is 0. The molecule has 14 heavy (non-hydrogen) atoms. The fraction of sp³-hybridized carbons (Fsp3) is 0.200. The SMILES string of the molecule is O=C1CCC(=O)Oc2ccccc2O1. The molecule has 0 spiro atoms. The van der Waals surface area contributed by atoms with Crippen LogP contribution in [0.1, 0.15) is 12.8 Å². The molecule has 1 heterocycles. The van der Waals surface area contributed by atoms with Crippen LogP contribution in [-0.2, 0) is 9.59 Å². The summed E-state index contributed by atoms with van der Waals surface area (Å²) in [6, 6.07) is 6.60. The van der Waals surface area contributed by atoms with Gasteiger partial charge in [0.1, 0.15) is 0 Å². The van der Waals surface area contributed by atoms with E-state index in [0.717, 1.165) is 0 Å². The van der Waals surface area contributed by atoms with E-state index < -0.39 is 11.9 Å². The number of para-hydroxylation sites is 2. The Balaban J connectivity index is 2.37. The van der Waals surface area contributed by atoms with Crippen molar-refractivity contribution in [2.24, 2.45) is 0 Å². The molecule has 0 bridgehead atoms. The molecule has 4 heteroatoms. The van der Waals surface area contributed by atoms with Crippen molar-refractivity contribution in [2.75, 3.05) is 0 Å². The monoisotopic (exact) mass is 192 g/mol. The maximum atomic E-state index is 11.1. The average molecular weight is 192 g/mol. The molecule has 0 N–H and O–H groups in total. The first-order valence-corrected chi connectivity index (χ1v) is 4.26. The van der Waals surface area contributed by atoms with Crippen molar-refractivity contribution >= 4 is 11.9 Å².